The van der Waals surface area contributed by atoms with Gasteiger partial charge in [0.15, 0.2) is 6.29 Å². The van der Waals surface area contributed by atoms with Crippen LogP contribution in [0.15, 0.2) is 10.7 Å². The lowest BCUT2D eigenvalue weighted by molar-refractivity contribution is 0.0645. The van der Waals surface area contributed by atoms with Gasteiger partial charge in [-0.25, -0.2) is 0 Å². The van der Waals surface area contributed by atoms with Gasteiger partial charge in [-0.3, -0.25) is 4.79 Å². The Morgan fingerprint density at radius 1 is 1.50 bits per heavy atom. The molecule has 0 aliphatic carbocycles. The van der Waals surface area contributed by atoms with E-state index in [-0.39, 0.29) is 0 Å². The summed E-state index contributed by atoms with van der Waals surface area (Å²) in [5.41, 5.74) is 0.580. The highest BCUT2D eigenvalue weighted by Crippen LogP contribution is 2.21. The van der Waals surface area contributed by atoms with E-state index in [1.54, 1.807) is 0 Å². The second-order valence-electron chi connectivity index (χ2n) is 3.58. The van der Waals surface area contributed by atoms with Gasteiger partial charge >= 0.3 is 0 Å². The number of carbonyl (C=O) groups excluding carboxylic acids is 1. The van der Waals surface area contributed by atoms with Crippen molar-refractivity contribution >= 4 is 6.29 Å². The van der Waals surface area contributed by atoms with Crippen LogP contribution in [0.25, 0.3) is 0 Å². The van der Waals surface area contributed by atoms with Crippen LogP contribution in [-0.2, 0) is 11.2 Å². The lowest BCUT2D eigenvalue weighted by atomic mass is 9.94. The first-order chi connectivity index (χ1) is 6.90. The third-order valence-electron chi connectivity index (χ3n) is 2.62. The fourth-order valence-corrected chi connectivity index (χ4v) is 1.74. The molecular weight excluding hydrogens is 182 g/mol. The highest BCUT2D eigenvalue weighted by Gasteiger charge is 2.18. The maximum Gasteiger partial charge on any atom is 0.155 e. The molecule has 0 radical (unpaired) electrons. The molecule has 1 fully saturated rings. The number of aromatic nitrogens is 1. The summed E-state index contributed by atoms with van der Waals surface area (Å²) >= 11 is 0. The molecule has 4 heteroatoms. The largest absolute Gasteiger partial charge is 0.381 e. The molecule has 4 nitrogen and oxygen atoms in total. The molecule has 0 N–H and O–H groups in total. The second kappa shape index (κ2) is 4.37. The lowest BCUT2D eigenvalue weighted by Gasteiger charge is -2.20. The zero-order valence-corrected chi connectivity index (χ0v) is 7.94. The average molecular weight is 195 g/mol. The van der Waals surface area contributed by atoms with Gasteiger partial charge in [0.25, 0.3) is 0 Å². The highest BCUT2D eigenvalue weighted by atomic mass is 16.5. The summed E-state index contributed by atoms with van der Waals surface area (Å²) in [5, 5.41) is 3.62. The van der Waals surface area contributed by atoms with Crippen LogP contribution in [0.1, 0.15) is 29.0 Å². The van der Waals surface area contributed by atoms with Crippen molar-refractivity contribution in [3.8, 4) is 0 Å². The molecule has 0 atom stereocenters. The Kier molecular flexibility index (Phi) is 2.93. The number of hydrogen-bond acceptors (Lipinski definition) is 4. The molecule has 1 aromatic heterocycles. The van der Waals surface area contributed by atoms with Crippen molar-refractivity contribution in [3.05, 3.63) is 17.5 Å². The van der Waals surface area contributed by atoms with Crippen LogP contribution in [-0.4, -0.2) is 24.7 Å². The van der Waals surface area contributed by atoms with Crippen molar-refractivity contribution in [1.82, 2.24) is 5.16 Å². The number of carbonyl (C=O) groups is 1. The maximum absolute atomic E-state index is 10.6. The molecule has 1 aromatic rings. The Morgan fingerprint density at radius 3 is 3.00 bits per heavy atom. The van der Waals surface area contributed by atoms with Gasteiger partial charge in [0, 0.05) is 19.6 Å². The van der Waals surface area contributed by atoms with Crippen LogP contribution in [0.5, 0.6) is 0 Å². The molecule has 0 spiro atoms. The van der Waals surface area contributed by atoms with Crippen molar-refractivity contribution in [2.24, 2.45) is 5.92 Å². The van der Waals surface area contributed by atoms with Crippen LogP contribution in [0, 0.1) is 5.92 Å². The van der Waals surface area contributed by atoms with Crippen molar-refractivity contribution in [3.63, 3.8) is 0 Å². The van der Waals surface area contributed by atoms with Gasteiger partial charge in [-0.15, -0.1) is 0 Å². The second-order valence-corrected chi connectivity index (χ2v) is 3.58. The van der Waals surface area contributed by atoms with Crippen LogP contribution < -0.4 is 0 Å². The number of aldehydes is 1. The molecule has 0 bridgehead atoms. The maximum atomic E-state index is 10.6. The zero-order valence-electron chi connectivity index (χ0n) is 7.94. The van der Waals surface area contributed by atoms with Gasteiger partial charge in [0.2, 0.25) is 0 Å². The third-order valence-corrected chi connectivity index (χ3v) is 2.62. The summed E-state index contributed by atoms with van der Waals surface area (Å²) in [7, 11) is 0. The van der Waals surface area contributed by atoms with Crippen LogP contribution in [0.3, 0.4) is 0 Å². The van der Waals surface area contributed by atoms with Crippen molar-refractivity contribution in [1.29, 1.82) is 0 Å². The quantitative estimate of drug-likeness (QED) is 0.685. The SMILES string of the molecule is O=Cc1cnoc1CC1CCOCC1. The Labute approximate surface area is 82.2 Å². The number of hydrogen-bond donors (Lipinski definition) is 0. The van der Waals surface area contributed by atoms with E-state index in [1.165, 1.54) is 6.20 Å². The summed E-state index contributed by atoms with van der Waals surface area (Å²) in [6.45, 7) is 1.63. The zero-order chi connectivity index (χ0) is 9.80. The van der Waals surface area contributed by atoms with E-state index in [9.17, 15) is 4.79 Å². The minimum absolute atomic E-state index is 0.565. The van der Waals surface area contributed by atoms with Crippen LogP contribution in [0.4, 0.5) is 0 Å². The summed E-state index contributed by atoms with van der Waals surface area (Å²) in [6, 6.07) is 0. The molecular formula is C10H13NO3. The predicted molar refractivity (Wildman–Crippen MR) is 49.1 cm³/mol. The molecule has 1 aliphatic rings. The first-order valence-corrected chi connectivity index (χ1v) is 4.86. The molecule has 0 unspecified atom stereocenters. The lowest BCUT2D eigenvalue weighted by Crippen LogP contribution is -2.17. The van der Waals surface area contributed by atoms with E-state index >= 15 is 0 Å². The first kappa shape index (κ1) is 9.40. The van der Waals surface area contributed by atoms with Crippen molar-refractivity contribution in [2.75, 3.05) is 13.2 Å². The van der Waals surface area contributed by atoms with Gasteiger partial charge in [0.05, 0.1) is 11.8 Å². The molecule has 14 heavy (non-hydrogen) atoms. The Morgan fingerprint density at radius 2 is 2.29 bits per heavy atom. The Hall–Kier alpha value is -1.16. The predicted octanol–water partition coefficient (Wildman–Crippen LogP) is 1.46. The normalized spacial score (nSPS) is 18.3. The van der Waals surface area contributed by atoms with Crippen molar-refractivity contribution < 1.29 is 14.1 Å². The van der Waals surface area contributed by atoms with Gasteiger partial charge in [-0.2, -0.15) is 0 Å². The third kappa shape index (κ3) is 2.01. The number of ether oxygens (including phenoxy) is 1. The van der Waals surface area contributed by atoms with E-state index in [0.717, 1.165) is 38.8 Å². The molecule has 0 aromatic carbocycles. The van der Waals surface area contributed by atoms with E-state index in [4.69, 9.17) is 9.26 Å². The van der Waals surface area contributed by atoms with E-state index in [2.05, 4.69) is 5.16 Å². The highest BCUT2D eigenvalue weighted by molar-refractivity contribution is 5.75. The minimum atomic E-state index is 0.565. The summed E-state index contributed by atoms with van der Waals surface area (Å²) in [6.07, 6.45) is 5.16. The van der Waals surface area contributed by atoms with Gasteiger partial charge in [-0.1, -0.05) is 5.16 Å². The fraction of sp³-hybridized carbons (Fsp3) is 0.600. The van der Waals surface area contributed by atoms with Crippen molar-refractivity contribution in [2.45, 2.75) is 19.3 Å². The average Bonchev–Trinajstić information content (AvgIpc) is 2.67. The molecule has 1 aliphatic heterocycles. The smallest absolute Gasteiger partial charge is 0.155 e. The number of rotatable bonds is 3. The van der Waals surface area contributed by atoms with E-state index < -0.39 is 0 Å². The molecule has 0 saturated carbocycles. The van der Waals surface area contributed by atoms with Gasteiger partial charge < -0.3 is 9.26 Å². The topological polar surface area (TPSA) is 52.3 Å². The minimum Gasteiger partial charge on any atom is -0.381 e. The molecule has 0 amide bonds. The van der Waals surface area contributed by atoms with Gasteiger partial charge in [-0.05, 0) is 18.8 Å². The summed E-state index contributed by atoms with van der Waals surface area (Å²) in [5.74, 6) is 1.28. The Balaban J connectivity index is 1.98. The standard InChI is InChI=1S/C10H13NO3/c12-7-9-6-11-14-10(9)5-8-1-3-13-4-2-8/h6-8H,1-5H2. The Bertz CT molecular complexity index is 302. The van der Waals surface area contributed by atoms with E-state index in [0.29, 0.717) is 17.2 Å². The summed E-state index contributed by atoms with van der Waals surface area (Å²) in [4.78, 5) is 10.6. The monoisotopic (exact) mass is 195 g/mol. The first-order valence-electron chi connectivity index (χ1n) is 4.86. The molecule has 2 rings (SSSR count). The van der Waals surface area contributed by atoms with Gasteiger partial charge in [0.1, 0.15) is 5.76 Å². The number of nitrogens with zero attached hydrogens (tertiary/aromatic N) is 1. The molecule has 76 valence electrons. The fourth-order valence-electron chi connectivity index (χ4n) is 1.74. The van der Waals surface area contributed by atoms with Crippen LogP contribution in [0.2, 0.25) is 0 Å². The van der Waals surface area contributed by atoms with E-state index in [1.807, 2.05) is 0 Å². The molecule has 1 saturated heterocycles. The van der Waals surface area contributed by atoms with Crippen LogP contribution >= 0.6 is 0 Å². The molecule has 2 heterocycles. The summed E-state index contributed by atoms with van der Waals surface area (Å²) < 4.78 is 10.3.